The SMILES string of the molecule is Cc1cc(Br)cn2c(N)c(-c3ccc(F)cc3F)nc12. The summed E-state index contributed by atoms with van der Waals surface area (Å²) in [4.78, 5) is 4.37. The second-order valence-corrected chi connectivity index (χ2v) is 5.42. The number of hydrogen-bond donors (Lipinski definition) is 1. The standard InChI is InChI=1S/C14H10BrF2N3/c1-7-4-8(15)6-20-13(18)12(19-14(7)20)10-3-2-9(16)5-11(10)17/h2-6H,18H2,1H3. The molecule has 3 aromatic rings. The average Bonchev–Trinajstić information content (AvgIpc) is 2.68. The number of fused-ring (bicyclic) bond motifs is 1. The fourth-order valence-electron chi connectivity index (χ4n) is 2.17. The predicted molar refractivity (Wildman–Crippen MR) is 77.4 cm³/mol. The summed E-state index contributed by atoms with van der Waals surface area (Å²) in [6, 6.07) is 5.24. The van der Waals surface area contributed by atoms with Gasteiger partial charge in [0.05, 0.1) is 0 Å². The zero-order valence-electron chi connectivity index (χ0n) is 10.5. The summed E-state index contributed by atoms with van der Waals surface area (Å²) < 4.78 is 29.4. The molecule has 1 aromatic carbocycles. The summed E-state index contributed by atoms with van der Waals surface area (Å²) in [6.07, 6.45) is 1.76. The van der Waals surface area contributed by atoms with Crippen molar-refractivity contribution in [3.05, 3.63) is 52.1 Å². The highest BCUT2D eigenvalue weighted by Gasteiger charge is 2.16. The first-order valence-electron chi connectivity index (χ1n) is 5.86. The van der Waals surface area contributed by atoms with Gasteiger partial charge in [0.15, 0.2) is 0 Å². The normalized spacial score (nSPS) is 11.2. The highest BCUT2D eigenvalue weighted by molar-refractivity contribution is 9.10. The lowest BCUT2D eigenvalue weighted by Crippen LogP contribution is -1.96. The summed E-state index contributed by atoms with van der Waals surface area (Å²) in [5.41, 5.74) is 8.07. The molecule has 0 aliphatic rings. The van der Waals surface area contributed by atoms with Crippen LogP contribution in [0.1, 0.15) is 5.56 Å². The molecular formula is C14H10BrF2N3. The Morgan fingerprint density at radius 3 is 2.70 bits per heavy atom. The third-order valence-corrected chi connectivity index (χ3v) is 3.53. The molecule has 2 aromatic heterocycles. The quantitative estimate of drug-likeness (QED) is 0.731. The van der Waals surface area contributed by atoms with Gasteiger partial charge in [0.1, 0.15) is 28.8 Å². The number of halogens is 3. The summed E-state index contributed by atoms with van der Waals surface area (Å²) >= 11 is 3.38. The van der Waals surface area contributed by atoms with Crippen molar-refractivity contribution in [3.63, 3.8) is 0 Å². The van der Waals surface area contributed by atoms with Gasteiger partial charge in [-0.2, -0.15) is 0 Å². The van der Waals surface area contributed by atoms with Gasteiger partial charge >= 0.3 is 0 Å². The number of anilines is 1. The Hall–Kier alpha value is -1.95. The molecule has 20 heavy (non-hydrogen) atoms. The van der Waals surface area contributed by atoms with E-state index >= 15 is 0 Å². The molecule has 3 nitrogen and oxygen atoms in total. The maximum Gasteiger partial charge on any atom is 0.142 e. The van der Waals surface area contributed by atoms with Gasteiger partial charge in [0, 0.05) is 22.3 Å². The monoisotopic (exact) mass is 337 g/mol. The van der Waals surface area contributed by atoms with Crippen LogP contribution in [0.4, 0.5) is 14.6 Å². The minimum absolute atomic E-state index is 0.183. The molecule has 0 unspecified atom stereocenters. The van der Waals surface area contributed by atoms with E-state index in [9.17, 15) is 8.78 Å². The molecule has 0 radical (unpaired) electrons. The zero-order valence-corrected chi connectivity index (χ0v) is 12.1. The van der Waals surface area contributed by atoms with Crippen LogP contribution in [0.25, 0.3) is 16.9 Å². The van der Waals surface area contributed by atoms with Crippen molar-refractivity contribution >= 4 is 27.4 Å². The van der Waals surface area contributed by atoms with E-state index in [1.165, 1.54) is 12.1 Å². The molecule has 0 saturated heterocycles. The van der Waals surface area contributed by atoms with E-state index in [1.54, 1.807) is 10.6 Å². The van der Waals surface area contributed by atoms with Crippen LogP contribution < -0.4 is 5.73 Å². The van der Waals surface area contributed by atoms with E-state index in [1.807, 2.05) is 13.0 Å². The molecule has 2 N–H and O–H groups in total. The number of pyridine rings is 1. The molecule has 0 spiro atoms. The Kier molecular flexibility index (Phi) is 2.97. The second kappa shape index (κ2) is 4.56. The van der Waals surface area contributed by atoms with Gasteiger partial charge in [-0.05, 0) is 46.6 Å². The van der Waals surface area contributed by atoms with Gasteiger partial charge in [-0.15, -0.1) is 0 Å². The molecule has 0 saturated carbocycles. The van der Waals surface area contributed by atoms with Gasteiger partial charge in [0.2, 0.25) is 0 Å². The van der Waals surface area contributed by atoms with Crippen LogP contribution in [0.3, 0.4) is 0 Å². The number of aryl methyl sites for hydroxylation is 1. The third kappa shape index (κ3) is 1.96. The van der Waals surface area contributed by atoms with Crippen LogP contribution in [0, 0.1) is 18.6 Å². The lowest BCUT2D eigenvalue weighted by molar-refractivity contribution is 0.585. The van der Waals surface area contributed by atoms with Crippen LogP contribution in [-0.2, 0) is 0 Å². The van der Waals surface area contributed by atoms with Crippen molar-refractivity contribution in [1.82, 2.24) is 9.38 Å². The first-order valence-corrected chi connectivity index (χ1v) is 6.66. The number of benzene rings is 1. The van der Waals surface area contributed by atoms with E-state index in [2.05, 4.69) is 20.9 Å². The van der Waals surface area contributed by atoms with Crippen LogP contribution in [0.2, 0.25) is 0 Å². The van der Waals surface area contributed by atoms with Gasteiger partial charge < -0.3 is 5.73 Å². The Morgan fingerprint density at radius 2 is 2.00 bits per heavy atom. The molecular weight excluding hydrogens is 328 g/mol. The number of aromatic nitrogens is 2. The zero-order chi connectivity index (χ0) is 14.4. The average molecular weight is 338 g/mol. The molecule has 0 bridgehead atoms. The number of rotatable bonds is 1. The minimum atomic E-state index is -0.683. The van der Waals surface area contributed by atoms with E-state index in [-0.39, 0.29) is 5.56 Å². The van der Waals surface area contributed by atoms with Crippen LogP contribution in [-0.4, -0.2) is 9.38 Å². The number of imidazole rings is 1. The Labute approximate surface area is 122 Å². The lowest BCUT2D eigenvalue weighted by atomic mass is 10.1. The summed E-state index contributed by atoms with van der Waals surface area (Å²) in [7, 11) is 0. The lowest BCUT2D eigenvalue weighted by Gasteiger charge is -2.02. The molecule has 6 heteroatoms. The smallest absolute Gasteiger partial charge is 0.142 e. The third-order valence-electron chi connectivity index (χ3n) is 3.09. The predicted octanol–water partition coefficient (Wildman–Crippen LogP) is 3.93. The van der Waals surface area contributed by atoms with Crippen LogP contribution in [0.5, 0.6) is 0 Å². The second-order valence-electron chi connectivity index (χ2n) is 4.50. The van der Waals surface area contributed by atoms with E-state index < -0.39 is 11.6 Å². The molecule has 0 atom stereocenters. The van der Waals surface area contributed by atoms with Crippen molar-refractivity contribution in [1.29, 1.82) is 0 Å². The highest BCUT2D eigenvalue weighted by atomic mass is 79.9. The molecule has 3 rings (SSSR count). The first kappa shape index (κ1) is 13.1. The minimum Gasteiger partial charge on any atom is -0.383 e. The van der Waals surface area contributed by atoms with Gasteiger partial charge in [-0.3, -0.25) is 4.40 Å². The van der Waals surface area contributed by atoms with Crippen molar-refractivity contribution in [2.75, 3.05) is 5.73 Å². The van der Waals surface area contributed by atoms with E-state index in [4.69, 9.17) is 5.73 Å². The number of nitrogens with zero attached hydrogens (tertiary/aromatic N) is 2. The molecule has 0 fully saturated rings. The number of nitrogens with two attached hydrogens (primary N) is 1. The fraction of sp³-hybridized carbons (Fsp3) is 0.0714. The maximum atomic E-state index is 13.9. The molecule has 0 aliphatic carbocycles. The van der Waals surface area contributed by atoms with Crippen molar-refractivity contribution < 1.29 is 8.78 Å². The first-order chi connectivity index (χ1) is 9.47. The van der Waals surface area contributed by atoms with Crippen LogP contribution >= 0.6 is 15.9 Å². The fourth-order valence-corrected chi connectivity index (χ4v) is 2.71. The van der Waals surface area contributed by atoms with Gasteiger partial charge in [-0.25, -0.2) is 13.8 Å². The molecule has 0 amide bonds. The molecule has 0 aliphatic heterocycles. The Morgan fingerprint density at radius 1 is 1.25 bits per heavy atom. The van der Waals surface area contributed by atoms with Crippen LogP contribution in [0.15, 0.2) is 34.9 Å². The largest absolute Gasteiger partial charge is 0.383 e. The van der Waals surface area contributed by atoms with Crippen molar-refractivity contribution in [2.45, 2.75) is 6.92 Å². The van der Waals surface area contributed by atoms with Gasteiger partial charge in [0.25, 0.3) is 0 Å². The Bertz CT molecular complexity index is 827. The van der Waals surface area contributed by atoms with E-state index in [0.29, 0.717) is 17.2 Å². The number of hydrogen-bond acceptors (Lipinski definition) is 2. The maximum absolute atomic E-state index is 13.9. The van der Waals surface area contributed by atoms with Crippen molar-refractivity contribution in [2.24, 2.45) is 0 Å². The Balaban J connectivity index is 2.32. The number of nitrogen functional groups attached to an aromatic ring is 1. The van der Waals surface area contributed by atoms with Gasteiger partial charge in [-0.1, -0.05) is 0 Å². The van der Waals surface area contributed by atoms with Crippen molar-refractivity contribution in [3.8, 4) is 11.3 Å². The highest BCUT2D eigenvalue weighted by Crippen LogP contribution is 2.31. The van der Waals surface area contributed by atoms with E-state index in [0.717, 1.165) is 16.1 Å². The molecule has 102 valence electrons. The molecule has 2 heterocycles. The topological polar surface area (TPSA) is 43.3 Å². The summed E-state index contributed by atoms with van der Waals surface area (Å²) in [6.45, 7) is 1.89. The summed E-state index contributed by atoms with van der Waals surface area (Å²) in [5, 5.41) is 0. The summed E-state index contributed by atoms with van der Waals surface area (Å²) in [5.74, 6) is -1.00.